The van der Waals surface area contributed by atoms with Crippen molar-refractivity contribution in [3.05, 3.63) is 11.8 Å². The SMILES string of the molecule is CN1C=C(CO)CC1. The molecular formula is C6H11NO. The van der Waals surface area contributed by atoms with Crippen molar-refractivity contribution >= 4 is 0 Å². The van der Waals surface area contributed by atoms with E-state index in [4.69, 9.17) is 5.11 Å². The molecule has 46 valence electrons. The van der Waals surface area contributed by atoms with E-state index >= 15 is 0 Å². The number of nitrogens with zero attached hydrogens (tertiary/aromatic N) is 1. The fraction of sp³-hybridized carbons (Fsp3) is 0.667. The van der Waals surface area contributed by atoms with Gasteiger partial charge in [-0.3, -0.25) is 0 Å². The molecule has 0 amide bonds. The molecule has 0 aromatic rings. The van der Waals surface area contributed by atoms with Gasteiger partial charge in [0.15, 0.2) is 0 Å². The molecule has 0 saturated carbocycles. The van der Waals surface area contributed by atoms with E-state index in [1.54, 1.807) is 0 Å². The molecule has 1 heterocycles. The minimum atomic E-state index is 0.227. The summed E-state index contributed by atoms with van der Waals surface area (Å²) in [7, 11) is 2.02. The van der Waals surface area contributed by atoms with Crippen molar-refractivity contribution in [2.24, 2.45) is 0 Å². The second-order valence-electron chi connectivity index (χ2n) is 2.18. The molecule has 0 aromatic carbocycles. The standard InChI is InChI=1S/C6H11NO/c1-7-3-2-6(4-7)5-8/h4,8H,2-3,5H2,1H3. The van der Waals surface area contributed by atoms with Gasteiger partial charge < -0.3 is 10.0 Å². The topological polar surface area (TPSA) is 23.5 Å². The largest absolute Gasteiger partial charge is 0.392 e. The summed E-state index contributed by atoms with van der Waals surface area (Å²) in [5.74, 6) is 0. The molecule has 0 unspecified atom stereocenters. The van der Waals surface area contributed by atoms with Crippen molar-refractivity contribution in [1.29, 1.82) is 0 Å². The van der Waals surface area contributed by atoms with Crippen LogP contribution in [0.25, 0.3) is 0 Å². The van der Waals surface area contributed by atoms with Gasteiger partial charge in [-0.25, -0.2) is 0 Å². The fourth-order valence-electron chi connectivity index (χ4n) is 0.881. The average Bonchev–Trinajstić information content (AvgIpc) is 2.14. The molecule has 1 aliphatic rings. The highest BCUT2D eigenvalue weighted by Crippen LogP contribution is 2.09. The van der Waals surface area contributed by atoms with Crippen LogP contribution in [0, 0.1) is 0 Å². The number of hydrogen-bond acceptors (Lipinski definition) is 2. The van der Waals surface area contributed by atoms with Crippen LogP contribution < -0.4 is 0 Å². The first-order valence-electron chi connectivity index (χ1n) is 2.83. The molecule has 2 heteroatoms. The molecule has 0 saturated heterocycles. The fourth-order valence-corrected chi connectivity index (χ4v) is 0.881. The maximum atomic E-state index is 8.59. The molecule has 1 rings (SSSR count). The Morgan fingerprint density at radius 3 is 2.88 bits per heavy atom. The van der Waals surface area contributed by atoms with Crippen molar-refractivity contribution in [3.63, 3.8) is 0 Å². The summed E-state index contributed by atoms with van der Waals surface area (Å²) in [5, 5.41) is 8.59. The van der Waals surface area contributed by atoms with Gasteiger partial charge in [0.05, 0.1) is 6.61 Å². The third kappa shape index (κ3) is 1.01. The van der Waals surface area contributed by atoms with Crippen molar-refractivity contribution in [3.8, 4) is 0 Å². The van der Waals surface area contributed by atoms with Crippen LogP contribution in [-0.4, -0.2) is 30.2 Å². The first-order chi connectivity index (χ1) is 3.83. The van der Waals surface area contributed by atoms with Gasteiger partial charge in [-0.2, -0.15) is 0 Å². The lowest BCUT2D eigenvalue weighted by Gasteiger charge is -2.02. The minimum absolute atomic E-state index is 0.227. The number of rotatable bonds is 1. The van der Waals surface area contributed by atoms with Gasteiger partial charge in [0.2, 0.25) is 0 Å². The van der Waals surface area contributed by atoms with Gasteiger partial charge in [-0.15, -0.1) is 0 Å². The summed E-state index contributed by atoms with van der Waals surface area (Å²) < 4.78 is 0. The third-order valence-electron chi connectivity index (χ3n) is 1.39. The highest BCUT2D eigenvalue weighted by molar-refractivity contribution is 5.06. The molecule has 1 aliphatic heterocycles. The zero-order chi connectivity index (χ0) is 5.98. The Labute approximate surface area is 49.4 Å². The molecular weight excluding hydrogens is 102 g/mol. The van der Waals surface area contributed by atoms with Crippen LogP contribution >= 0.6 is 0 Å². The molecule has 0 fully saturated rings. The van der Waals surface area contributed by atoms with Crippen molar-refractivity contribution < 1.29 is 5.11 Å². The van der Waals surface area contributed by atoms with Gasteiger partial charge in [-0.05, 0) is 12.0 Å². The number of hydrogen-bond donors (Lipinski definition) is 1. The van der Waals surface area contributed by atoms with E-state index in [2.05, 4.69) is 4.90 Å². The highest BCUT2D eigenvalue weighted by atomic mass is 16.3. The molecule has 1 N–H and O–H groups in total. The molecule has 0 atom stereocenters. The summed E-state index contributed by atoms with van der Waals surface area (Å²) >= 11 is 0. The van der Waals surface area contributed by atoms with E-state index in [1.807, 2.05) is 13.2 Å². The summed E-state index contributed by atoms with van der Waals surface area (Å²) in [4.78, 5) is 2.09. The predicted octanol–water partition coefficient (Wildman–Crippen LogP) is 0.198. The molecule has 0 radical (unpaired) electrons. The van der Waals surface area contributed by atoms with Crippen LogP contribution in [0.3, 0.4) is 0 Å². The lowest BCUT2D eigenvalue weighted by molar-refractivity contribution is 0.329. The van der Waals surface area contributed by atoms with Crippen LogP contribution in [0.4, 0.5) is 0 Å². The van der Waals surface area contributed by atoms with E-state index in [0.717, 1.165) is 18.5 Å². The third-order valence-corrected chi connectivity index (χ3v) is 1.39. The highest BCUT2D eigenvalue weighted by Gasteiger charge is 2.05. The Balaban J connectivity index is 2.44. The Hall–Kier alpha value is -0.500. The maximum absolute atomic E-state index is 8.59. The molecule has 0 aliphatic carbocycles. The Bertz CT molecular complexity index is 109. The van der Waals surface area contributed by atoms with Crippen LogP contribution in [0.2, 0.25) is 0 Å². The van der Waals surface area contributed by atoms with Crippen molar-refractivity contribution in [2.45, 2.75) is 6.42 Å². The van der Waals surface area contributed by atoms with E-state index in [0.29, 0.717) is 0 Å². The zero-order valence-electron chi connectivity index (χ0n) is 5.09. The smallest absolute Gasteiger partial charge is 0.0659 e. The predicted molar refractivity (Wildman–Crippen MR) is 32.4 cm³/mol. The Kier molecular flexibility index (Phi) is 1.53. The number of aliphatic hydroxyl groups is 1. The first kappa shape index (κ1) is 5.63. The van der Waals surface area contributed by atoms with E-state index in [1.165, 1.54) is 0 Å². The van der Waals surface area contributed by atoms with Gasteiger partial charge >= 0.3 is 0 Å². The zero-order valence-corrected chi connectivity index (χ0v) is 5.09. The molecule has 0 bridgehead atoms. The van der Waals surface area contributed by atoms with E-state index in [9.17, 15) is 0 Å². The lowest BCUT2D eigenvalue weighted by atomic mass is 10.3. The van der Waals surface area contributed by atoms with Crippen LogP contribution in [-0.2, 0) is 0 Å². The van der Waals surface area contributed by atoms with E-state index in [-0.39, 0.29) is 6.61 Å². The molecule has 2 nitrogen and oxygen atoms in total. The Morgan fingerprint density at radius 1 is 1.88 bits per heavy atom. The summed E-state index contributed by atoms with van der Waals surface area (Å²) in [6.45, 7) is 1.29. The second kappa shape index (κ2) is 2.18. The van der Waals surface area contributed by atoms with Crippen molar-refractivity contribution in [2.75, 3.05) is 20.2 Å². The first-order valence-corrected chi connectivity index (χ1v) is 2.83. The second-order valence-corrected chi connectivity index (χ2v) is 2.18. The van der Waals surface area contributed by atoms with Crippen LogP contribution in [0.15, 0.2) is 11.8 Å². The Morgan fingerprint density at radius 2 is 2.62 bits per heavy atom. The minimum Gasteiger partial charge on any atom is -0.392 e. The van der Waals surface area contributed by atoms with E-state index < -0.39 is 0 Å². The monoisotopic (exact) mass is 113 g/mol. The van der Waals surface area contributed by atoms with Gasteiger partial charge in [0.25, 0.3) is 0 Å². The maximum Gasteiger partial charge on any atom is 0.0659 e. The number of aliphatic hydroxyl groups excluding tert-OH is 1. The lowest BCUT2D eigenvalue weighted by Crippen LogP contribution is -2.04. The normalized spacial score (nSPS) is 19.2. The molecule has 0 aromatic heterocycles. The summed E-state index contributed by atoms with van der Waals surface area (Å²) in [6, 6.07) is 0. The van der Waals surface area contributed by atoms with Gasteiger partial charge in [-0.1, -0.05) is 0 Å². The summed E-state index contributed by atoms with van der Waals surface area (Å²) in [5.41, 5.74) is 1.15. The average molecular weight is 113 g/mol. The molecule has 8 heavy (non-hydrogen) atoms. The quantitative estimate of drug-likeness (QED) is 0.525. The van der Waals surface area contributed by atoms with Crippen LogP contribution in [0.5, 0.6) is 0 Å². The van der Waals surface area contributed by atoms with Gasteiger partial charge in [0.1, 0.15) is 0 Å². The van der Waals surface area contributed by atoms with Crippen LogP contribution in [0.1, 0.15) is 6.42 Å². The van der Waals surface area contributed by atoms with Crippen molar-refractivity contribution in [1.82, 2.24) is 4.90 Å². The molecule has 0 spiro atoms. The summed E-state index contributed by atoms with van der Waals surface area (Å²) in [6.07, 6.45) is 3.03. The van der Waals surface area contributed by atoms with Gasteiger partial charge in [0, 0.05) is 19.8 Å².